The van der Waals surface area contributed by atoms with Gasteiger partial charge in [0.2, 0.25) is 10.0 Å². The van der Waals surface area contributed by atoms with E-state index < -0.39 is 10.0 Å². The van der Waals surface area contributed by atoms with Crippen molar-refractivity contribution in [1.82, 2.24) is 9.29 Å². The molecule has 2 aliphatic rings. The van der Waals surface area contributed by atoms with Crippen LogP contribution in [0.5, 0.6) is 0 Å². The van der Waals surface area contributed by atoms with Crippen molar-refractivity contribution >= 4 is 10.0 Å². The Kier molecular flexibility index (Phi) is 3.43. The van der Waals surface area contributed by atoms with Gasteiger partial charge in [-0.15, -0.1) is 0 Å². The molecule has 0 spiro atoms. The Bertz CT molecular complexity index is 592. The van der Waals surface area contributed by atoms with E-state index in [2.05, 4.69) is 4.72 Å². The van der Waals surface area contributed by atoms with Crippen LogP contribution in [-0.4, -0.2) is 18.5 Å². The van der Waals surface area contributed by atoms with E-state index in [4.69, 9.17) is 5.73 Å². The second kappa shape index (κ2) is 4.86. The molecule has 2 saturated carbocycles. The maximum absolute atomic E-state index is 12.6. The zero-order chi connectivity index (χ0) is 14.4. The van der Waals surface area contributed by atoms with E-state index in [1.54, 1.807) is 12.3 Å². The van der Waals surface area contributed by atoms with Crippen LogP contribution in [0.1, 0.15) is 57.2 Å². The third-order valence-corrected chi connectivity index (χ3v) is 6.25. The summed E-state index contributed by atoms with van der Waals surface area (Å²) in [7, 11) is -3.43. The molecular weight excluding hydrogens is 274 g/mol. The molecule has 2 fully saturated rings. The molecule has 1 aromatic heterocycles. The van der Waals surface area contributed by atoms with Gasteiger partial charge in [-0.25, -0.2) is 13.1 Å². The molecule has 0 amide bonds. The summed E-state index contributed by atoms with van der Waals surface area (Å²) in [5.74, 6) is 0. The first kappa shape index (κ1) is 14.1. The fourth-order valence-corrected chi connectivity index (χ4v) is 4.56. The van der Waals surface area contributed by atoms with Crippen molar-refractivity contribution in [2.24, 2.45) is 5.73 Å². The van der Waals surface area contributed by atoms with Crippen LogP contribution in [0.25, 0.3) is 0 Å². The molecule has 0 atom stereocenters. The average Bonchev–Trinajstić information content (AvgIpc) is 3.12. The van der Waals surface area contributed by atoms with E-state index in [0.29, 0.717) is 17.5 Å². The second-order valence-electron chi connectivity index (χ2n) is 6.10. The first-order valence-electron chi connectivity index (χ1n) is 7.44. The molecule has 0 radical (unpaired) electrons. The van der Waals surface area contributed by atoms with Gasteiger partial charge in [-0.3, -0.25) is 0 Å². The first-order chi connectivity index (χ1) is 9.50. The van der Waals surface area contributed by atoms with Crippen LogP contribution >= 0.6 is 0 Å². The summed E-state index contributed by atoms with van der Waals surface area (Å²) in [4.78, 5) is 0.365. The third-order valence-electron chi connectivity index (χ3n) is 4.70. The lowest BCUT2D eigenvalue weighted by molar-refractivity contribution is 0.214. The molecule has 2 aliphatic carbocycles. The van der Waals surface area contributed by atoms with Gasteiger partial charge in [0.1, 0.15) is 0 Å². The topological polar surface area (TPSA) is 77.1 Å². The normalized spacial score (nSPS) is 21.7. The van der Waals surface area contributed by atoms with Crippen LogP contribution < -0.4 is 10.5 Å². The highest BCUT2D eigenvalue weighted by Crippen LogP contribution is 2.39. The molecule has 6 heteroatoms. The Balaban J connectivity index is 1.87. The van der Waals surface area contributed by atoms with Crippen molar-refractivity contribution in [3.8, 4) is 0 Å². The minimum Gasteiger partial charge on any atom is -0.346 e. The molecule has 0 unspecified atom stereocenters. The summed E-state index contributed by atoms with van der Waals surface area (Å²) in [5, 5.41) is 0. The van der Waals surface area contributed by atoms with Crippen LogP contribution in [0.15, 0.2) is 17.2 Å². The Morgan fingerprint density at radius 1 is 1.45 bits per heavy atom. The van der Waals surface area contributed by atoms with Gasteiger partial charge in [-0.05, 0) is 44.6 Å². The standard InChI is InChI=1S/C14H23N3O2S/c1-2-14(6-3-7-14)16-20(18,19)13-8-12(9-15)17(10-13)11-4-5-11/h8,10-11,16H,2-7,9,15H2,1H3. The SMILES string of the molecule is CCC1(NS(=O)(=O)c2cc(CN)n(C3CC3)c2)CCC1. The molecule has 0 aliphatic heterocycles. The van der Waals surface area contributed by atoms with E-state index >= 15 is 0 Å². The highest BCUT2D eigenvalue weighted by Gasteiger charge is 2.39. The Morgan fingerprint density at radius 3 is 2.60 bits per heavy atom. The molecule has 0 saturated heterocycles. The summed E-state index contributed by atoms with van der Waals surface area (Å²) >= 11 is 0. The summed E-state index contributed by atoms with van der Waals surface area (Å²) in [6, 6.07) is 2.17. The van der Waals surface area contributed by atoms with Crippen molar-refractivity contribution < 1.29 is 8.42 Å². The minimum atomic E-state index is -3.43. The van der Waals surface area contributed by atoms with E-state index in [1.807, 2.05) is 11.5 Å². The van der Waals surface area contributed by atoms with E-state index in [9.17, 15) is 8.42 Å². The Labute approximate surface area is 120 Å². The van der Waals surface area contributed by atoms with Crippen LogP contribution in [0.2, 0.25) is 0 Å². The predicted octanol–water partition coefficient (Wildman–Crippen LogP) is 1.89. The molecule has 1 aromatic rings. The highest BCUT2D eigenvalue weighted by molar-refractivity contribution is 7.89. The smallest absolute Gasteiger partial charge is 0.242 e. The van der Waals surface area contributed by atoms with Crippen molar-refractivity contribution in [2.45, 2.75) is 68.5 Å². The number of rotatable bonds is 6. The van der Waals surface area contributed by atoms with Crippen LogP contribution in [0.3, 0.4) is 0 Å². The summed E-state index contributed by atoms with van der Waals surface area (Å²) in [6.07, 6.45) is 7.82. The highest BCUT2D eigenvalue weighted by atomic mass is 32.2. The van der Waals surface area contributed by atoms with E-state index in [0.717, 1.165) is 44.2 Å². The average molecular weight is 297 g/mol. The van der Waals surface area contributed by atoms with Gasteiger partial charge < -0.3 is 10.3 Å². The molecule has 112 valence electrons. The van der Waals surface area contributed by atoms with Gasteiger partial charge in [0, 0.05) is 30.0 Å². The minimum absolute atomic E-state index is 0.219. The van der Waals surface area contributed by atoms with Crippen molar-refractivity contribution in [1.29, 1.82) is 0 Å². The maximum Gasteiger partial charge on any atom is 0.242 e. The zero-order valence-corrected chi connectivity index (χ0v) is 12.7. The predicted molar refractivity (Wildman–Crippen MR) is 77.8 cm³/mol. The molecule has 3 N–H and O–H groups in total. The Morgan fingerprint density at radius 2 is 2.15 bits per heavy atom. The number of aromatic nitrogens is 1. The molecular formula is C14H23N3O2S. The molecule has 20 heavy (non-hydrogen) atoms. The zero-order valence-electron chi connectivity index (χ0n) is 11.9. The van der Waals surface area contributed by atoms with Gasteiger partial charge in [-0.1, -0.05) is 6.92 Å². The largest absolute Gasteiger partial charge is 0.346 e. The van der Waals surface area contributed by atoms with Crippen LogP contribution in [0.4, 0.5) is 0 Å². The summed E-state index contributed by atoms with van der Waals surface area (Å²) in [5.41, 5.74) is 6.42. The lowest BCUT2D eigenvalue weighted by atomic mass is 9.76. The van der Waals surface area contributed by atoms with Gasteiger partial charge in [0.15, 0.2) is 0 Å². The first-order valence-corrected chi connectivity index (χ1v) is 8.93. The molecule has 1 heterocycles. The van der Waals surface area contributed by atoms with Gasteiger partial charge in [0.25, 0.3) is 0 Å². The number of hydrogen-bond acceptors (Lipinski definition) is 3. The lowest BCUT2D eigenvalue weighted by Gasteiger charge is -2.41. The molecule has 3 rings (SSSR count). The summed E-state index contributed by atoms with van der Waals surface area (Å²) < 4.78 is 30.1. The number of nitrogens with zero attached hydrogens (tertiary/aromatic N) is 1. The quantitative estimate of drug-likeness (QED) is 0.842. The maximum atomic E-state index is 12.6. The summed E-state index contributed by atoms with van der Waals surface area (Å²) in [6.45, 7) is 2.42. The third kappa shape index (κ3) is 2.40. The monoisotopic (exact) mass is 297 g/mol. The van der Waals surface area contributed by atoms with Crippen LogP contribution in [0, 0.1) is 0 Å². The fourth-order valence-electron chi connectivity index (χ4n) is 2.98. The number of nitrogens with one attached hydrogen (secondary N) is 1. The van der Waals surface area contributed by atoms with Gasteiger partial charge >= 0.3 is 0 Å². The van der Waals surface area contributed by atoms with Crippen molar-refractivity contribution in [3.05, 3.63) is 18.0 Å². The fraction of sp³-hybridized carbons (Fsp3) is 0.714. The van der Waals surface area contributed by atoms with E-state index in [1.165, 1.54) is 0 Å². The molecule has 5 nitrogen and oxygen atoms in total. The molecule has 0 bridgehead atoms. The lowest BCUT2D eigenvalue weighted by Crippen LogP contribution is -2.52. The number of nitrogens with two attached hydrogens (primary N) is 1. The van der Waals surface area contributed by atoms with E-state index in [-0.39, 0.29) is 5.54 Å². The Hall–Kier alpha value is -0.850. The number of sulfonamides is 1. The van der Waals surface area contributed by atoms with Gasteiger partial charge in [0.05, 0.1) is 4.90 Å². The van der Waals surface area contributed by atoms with Crippen LogP contribution in [-0.2, 0) is 16.6 Å². The number of hydrogen-bond donors (Lipinski definition) is 2. The van der Waals surface area contributed by atoms with Crippen molar-refractivity contribution in [2.75, 3.05) is 0 Å². The molecule has 0 aromatic carbocycles. The van der Waals surface area contributed by atoms with Gasteiger partial charge in [-0.2, -0.15) is 0 Å². The van der Waals surface area contributed by atoms with Crippen molar-refractivity contribution in [3.63, 3.8) is 0 Å². The second-order valence-corrected chi connectivity index (χ2v) is 7.79.